The Morgan fingerprint density at radius 1 is 1.18 bits per heavy atom. The van der Waals surface area contributed by atoms with Crippen molar-refractivity contribution in [1.29, 1.82) is 0 Å². The first kappa shape index (κ1) is 19.5. The molecule has 2 aliphatic rings. The van der Waals surface area contributed by atoms with Gasteiger partial charge in [-0.05, 0) is 7.05 Å². The number of aliphatic hydroxyl groups excluding tert-OH is 1. The molecule has 0 bridgehead atoms. The van der Waals surface area contributed by atoms with Crippen molar-refractivity contribution in [2.75, 3.05) is 78.1 Å². The molecule has 10 nitrogen and oxygen atoms in total. The summed E-state index contributed by atoms with van der Waals surface area (Å²) in [7, 11) is 3.83. The van der Waals surface area contributed by atoms with Gasteiger partial charge in [0.2, 0.25) is 0 Å². The number of likely N-dealkylation sites (N-methyl/N-ethyl adjacent to an activating group) is 1. The molecule has 2 aromatic rings. The standard InChI is InChI=1S/C18H29N7O3/c1-22-3-5-24(6-4-22)17-16-18(20-12-19-17)25(13-21-16)15-10-23(7-8-27-2)9-14(11-26)28-15/h12-15,26H,3-11H2,1-2H3/t14-,15+/m0/s1. The van der Waals surface area contributed by atoms with Gasteiger partial charge in [0.15, 0.2) is 17.0 Å². The first-order chi connectivity index (χ1) is 13.7. The summed E-state index contributed by atoms with van der Waals surface area (Å²) >= 11 is 0. The van der Waals surface area contributed by atoms with Crippen LogP contribution in [0.15, 0.2) is 12.7 Å². The second-order valence-electron chi connectivity index (χ2n) is 7.46. The fourth-order valence-electron chi connectivity index (χ4n) is 3.85. The molecule has 28 heavy (non-hydrogen) atoms. The number of piperazine rings is 1. The lowest BCUT2D eigenvalue weighted by Gasteiger charge is -2.37. The Morgan fingerprint density at radius 2 is 2.00 bits per heavy atom. The minimum absolute atomic E-state index is 0.0197. The average molecular weight is 391 g/mol. The highest BCUT2D eigenvalue weighted by Gasteiger charge is 2.30. The summed E-state index contributed by atoms with van der Waals surface area (Å²) in [6.45, 7) is 6.65. The van der Waals surface area contributed by atoms with Crippen LogP contribution in [-0.2, 0) is 9.47 Å². The van der Waals surface area contributed by atoms with Gasteiger partial charge >= 0.3 is 0 Å². The summed E-state index contributed by atoms with van der Waals surface area (Å²) in [6.07, 6.45) is 2.87. The third-order valence-corrected chi connectivity index (χ3v) is 5.49. The average Bonchev–Trinajstić information content (AvgIpc) is 3.17. The van der Waals surface area contributed by atoms with E-state index in [2.05, 4.69) is 36.7 Å². The van der Waals surface area contributed by atoms with E-state index in [0.29, 0.717) is 19.7 Å². The summed E-state index contributed by atoms with van der Waals surface area (Å²) in [4.78, 5) is 20.5. The zero-order valence-electron chi connectivity index (χ0n) is 16.6. The van der Waals surface area contributed by atoms with Crippen molar-refractivity contribution in [2.24, 2.45) is 0 Å². The van der Waals surface area contributed by atoms with E-state index >= 15 is 0 Å². The Kier molecular flexibility index (Phi) is 6.02. The van der Waals surface area contributed by atoms with Gasteiger partial charge in [-0.15, -0.1) is 0 Å². The van der Waals surface area contributed by atoms with Crippen molar-refractivity contribution >= 4 is 17.0 Å². The van der Waals surface area contributed by atoms with Crippen LogP contribution >= 0.6 is 0 Å². The molecule has 4 heterocycles. The highest BCUT2D eigenvalue weighted by atomic mass is 16.5. The first-order valence-electron chi connectivity index (χ1n) is 9.78. The normalized spacial score (nSPS) is 24.9. The molecule has 2 fully saturated rings. The lowest BCUT2D eigenvalue weighted by Crippen LogP contribution is -2.48. The number of aliphatic hydroxyl groups is 1. The molecule has 2 atom stereocenters. The molecular formula is C18H29N7O3. The van der Waals surface area contributed by atoms with Gasteiger partial charge in [0.05, 0.1) is 25.6 Å². The molecule has 154 valence electrons. The highest BCUT2D eigenvalue weighted by Crippen LogP contribution is 2.27. The first-order valence-corrected chi connectivity index (χ1v) is 9.78. The summed E-state index contributed by atoms with van der Waals surface area (Å²) in [5.74, 6) is 0.877. The van der Waals surface area contributed by atoms with E-state index in [9.17, 15) is 5.11 Å². The molecule has 0 radical (unpaired) electrons. The molecule has 2 aromatic heterocycles. The zero-order chi connectivity index (χ0) is 19.5. The number of anilines is 1. The predicted molar refractivity (Wildman–Crippen MR) is 104 cm³/mol. The fraction of sp³-hybridized carbons (Fsp3) is 0.722. The molecule has 0 spiro atoms. The summed E-state index contributed by atoms with van der Waals surface area (Å²) < 4.78 is 13.3. The predicted octanol–water partition coefficient (Wildman–Crippen LogP) is -0.584. The maximum atomic E-state index is 9.65. The Bertz CT molecular complexity index is 778. The Morgan fingerprint density at radius 3 is 2.75 bits per heavy atom. The van der Waals surface area contributed by atoms with Crippen LogP contribution in [0.5, 0.6) is 0 Å². The van der Waals surface area contributed by atoms with Gasteiger partial charge in [-0.1, -0.05) is 0 Å². The number of rotatable bonds is 6. The molecule has 0 amide bonds. The van der Waals surface area contributed by atoms with Crippen LogP contribution in [0.2, 0.25) is 0 Å². The number of hydrogen-bond donors (Lipinski definition) is 1. The van der Waals surface area contributed by atoms with Crippen LogP contribution in [0.1, 0.15) is 6.23 Å². The van der Waals surface area contributed by atoms with E-state index in [1.54, 1.807) is 19.8 Å². The molecule has 10 heteroatoms. The summed E-state index contributed by atoms with van der Waals surface area (Å²) in [5, 5.41) is 9.65. The van der Waals surface area contributed by atoms with Crippen molar-refractivity contribution in [1.82, 2.24) is 29.3 Å². The number of nitrogens with zero attached hydrogens (tertiary/aromatic N) is 7. The van der Waals surface area contributed by atoms with Crippen LogP contribution in [0.25, 0.3) is 11.2 Å². The van der Waals surface area contributed by atoms with Crippen LogP contribution in [0.4, 0.5) is 5.82 Å². The van der Waals surface area contributed by atoms with Gasteiger partial charge < -0.3 is 24.4 Å². The van der Waals surface area contributed by atoms with E-state index in [4.69, 9.17) is 9.47 Å². The second kappa shape index (κ2) is 8.66. The highest BCUT2D eigenvalue weighted by molar-refractivity contribution is 5.83. The summed E-state index contributed by atoms with van der Waals surface area (Å²) in [5.41, 5.74) is 1.56. The quantitative estimate of drug-likeness (QED) is 0.694. The third-order valence-electron chi connectivity index (χ3n) is 5.49. The SMILES string of the molecule is COCCN1C[C@@H](CO)O[C@@H](n2cnc3c(N4CCN(C)CC4)ncnc32)C1. The van der Waals surface area contributed by atoms with Crippen molar-refractivity contribution < 1.29 is 14.6 Å². The minimum atomic E-state index is -0.261. The van der Waals surface area contributed by atoms with Gasteiger partial charge in [0.1, 0.15) is 12.6 Å². The molecule has 0 aliphatic carbocycles. The molecule has 0 aromatic carbocycles. The van der Waals surface area contributed by atoms with Crippen molar-refractivity contribution in [3.63, 3.8) is 0 Å². The maximum absolute atomic E-state index is 9.65. The molecule has 0 saturated carbocycles. The zero-order valence-corrected chi connectivity index (χ0v) is 16.6. The van der Waals surface area contributed by atoms with Crippen LogP contribution in [-0.4, -0.2) is 114 Å². The lowest BCUT2D eigenvalue weighted by atomic mass is 10.2. The molecule has 2 saturated heterocycles. The largest absolute Gasteiger partial charge is 0.394 e. The monoisotopic (exact) mass is 391 g/mol. The van der Waals surface area contributed by atoms with Crippen molar-refractivity contribution in [2.45, 2.75) is 12.3 Å². The smallest absolute Gasteiger partial charge is 0.167 e. The Balaban J connectivity index is 1.59. The molecule has 4 rings (SSSR count). The van der Waals surface area contributed by atoms with E-state index in [0.717, 1.165) is 49.7 Å². The van der Waals surface area contributed by atoms with Gasteiger partial charge in [0, 0.05) is 52.9 Å². The van der Waals surface area contributed by atoms with E-state index in [-0.39, 0.29) is 18.9 Å². The van der Waals surface area contributed by atoms with Crippen LogP contribution in [0, 0.1) is 0 Å². The molecule has 2 aliphatic heterocycles. The number of fused-ring (bicyclic) bond motifs is 1. The minimum Gasteiger partial charge on any atom is -0.394 e. The van der Waals surface area contributed by atoms with Crippen LogP contribution < -0.4 is 4.90 Å². The van der Waals surface area contributed by atoms with E-state index in [1.165, 1.54) is 0 Å². The lowest BCUT2D eigenvalue weighted by molar-refractivity contribution is -0.135. The van der Waals surface area contributed by atoms with E-state index < -0.39 is 0 Å². The second-order valence-corrected chi connectivity index (χ2v) is 7.46. The van der Waals surface area contributed by atoms with Gasteiger partial charge in [-0.25, -0.2) is 15.0 Å². The number of morpholine rings is 1. The van der Waals surface area contributed by atoms with Crippen LogP contribution in [0.3, 0.4) is 0 Å². The Hall–Kier alpha value is -1.85. The molecule has 1 N–H and O–H groups in total. The maximum Gasteiger partial charge on any atom is 0.167 e. The van der Waals surface area contributed by atoms with Crippen molar-refractivity contribution in [3.8, 4) is 0 Å². The number of ether oxygens (including phenoxy) is 2. The molecule has 0 unspecified atom stereocenters. The van der Waals surface area contributed by atoms with E-state index in [1.807, 2.05) is 4.57 Å². The third kappa shape index (κ3) is 3.96. The number of methoxy groups -OCH3 is 1. The topological polar surface area (TPSA) is 92.0 Å². The fourth-order valence-corrected chi connectivity index (χ4v) is 3.85. The van der Waals surface area contributed by atoms with Gasteiger partial charge in [0.25, 0.3) is 0 Å². The number of imidazole rings is 1. The number of hydrogen-bond acceptors (Lipinski definition) is 9. The van der Waals surface area contributed by atoms with Gasteiger partial charge in [-0.2, -0.15) is 0 Å². The number of aromatic nitrogens is 4. The molecular weight excluding hydrogens is 362 g/mol. The van der Waals surface area contributed by atoms with Gasteiger partial charge in [-0.3, -0.25) is 9.47 Å². The van der Waals surface area contributed by atoms with Crippen molar-refractivity contribution in [3.05, 3.63) is 12.7 Å². The Labute approximate surface area is 164 Å². The summed E-state index contributed by atoms with van der Waals surface area (Å²) in [6, 6.07) is 0.